The van der Waals surface area contributed by atoms with E-state index < -0.39 is 0 Å². The Balaban J connectivity index is 1.28. The van der Waals surface area contributed by atoms with Gasteiger partial charge in [-0.1, -0.05) is 5.21 Å². The zero-order valence-electron chi connectivity index (χ0n) is 13.9. The van der Waals surface area contributed by atoms with E-state index in [1.165, 1.54) is 12.8 Å². The number of hydrogen-bond donors (Lipinski definition) is 0. The van der Waals surface area contributed by atoms with Crippen LogP contribution in [-0.4, -0.2) is 49.3 Å². The fraction of sp³-hybridized carbons (Fsp3) is 0.647. The molecule has 1 saturated carbocycles. The molecule has 7 heteroatoms. The van der Waals surface area contributed by atoms with Crippen LogP contribution in [-0.2, 0) is 13.1 Å². The lowest BCUT2D eigenvalue weighted by atomic mass is 9.97. The van der Waals surface area contributed by atoms with Crippen molar-refractivity contribution in [3.05, 3.63) is 40.6 Å². The number of hydrogen-bond acceptors (Lipinski definition) is 5. The second kappa shape index (κ2) is 6.84. The van der Waals surface area contributed by atoms with Gasteiger partial charge in [-0.05, 0) is 50.8 Å². The van der Waals surface area contributed by atoms with Crippen LogP contribution in [0.1, 0.15) is 37.3 Å². The minimum Gasteiger partial charge on any atom is -0.301 e. The van der Waals surface area contributed by atoms with Crippen LogP contribution in [0.2, 0.25) is 0 Å². The van der Waals surface area contributed by atoms with Crippen LogP contribution >= 0.6 is 0 Å². The molecular formula is C17H24N6O. The van der Waals surface area contributed by atoms with Crippen molar-refractivity contribution in [2.45, 2.75) is 44.7 Å². The van der Waals surface area contributed by atoms with E-state index in [0.717, 1.165) is 51.3 Å². The first kappa shape index (κ1) is 15.5. The molecule has 0 radical (unpaired) electrons. The Morgan fingerprint density at radius 1 is 1.08 bits per heavy atom. The zero-order chi connectivity index (χ0) is 16.4. The summed E-state index contributed by atoms with van der Waals surface area (Å²) >= 11 is 0. The average Bonchev–Trinajstić information content (AvgIpc) is 3.32. The van der Waals surface area contributed by atoms with Crippen LogP contribution in [0, 0.1) is 5.92 Å². The standard InChI is InChI=1S/C17H24N6O/c24-17-4-3-16(15-1-2-15)19-23(17)13-14-5-8-21(9-6-14)11-12-22-10-7-18-20-22/h3-4,7,10,14-15H,1-2,5-6,8-9,11-13H2. The normalized spacial score (nSPS) is 19.7. The van der Waals surface area contributed by atoms with Crippen molar-refractivity contribution < 1.29 is 0 Å². The first-order valence-electron chi connectivity index (χ1n) is 8.92. The molecule has 2 aromatic rings. The molecule has 1 aliphatic carbocycles. The molecule has 0 aromatic carbocycles. The Bertz CT molecular complexity index is 713. The highest BCUT2D eigenvalue weighted by molar-refractivity contribution is 5.12. The van der Waals surface area contributed by atoms with Gasteiger partial charge in [0.05, 0.1) is 18.4 Å². The molecule has 7 nitrogen and oxygen atoms in total. The Morgan fingerprint density at radius 2 is 1.92 bits per heavy atom. The van der Waals surface area contributed by atoms with E-state index in [4.69, 9.17) is 0 Å². The van der Waals surface area contributed by atoms with Crippen molar-refractivity contribution in [1.29, 1.82) is 0 Å². The molecule has 0 N–H and O–H groups in total. The molecule has 2 aromatic heterocycles. The van der Waals surface area contributed by atoms with Gasteiger partial charge in [-0.25, -0.2) is 4.68 Å². The molecule has 2 fully saturated rings. The summed E-state index contributed by atoms with van der Waals surface area (Å²) < 4.78 is 3.57. The number of piperidine rings is 1. The molecular weight excluding hydrogens is 304 g/mol. The molecule has 128 valence electrons. The largest absolute Gasteiger partial charge is 0.301 e. The van der Waals surface area contributed by atoms with Gasteiger partial charge in [0.1, 0.15) is 0 Å². The van der Waals surface area contributed by atoms with Crippen LogP contribution in [0.4, 0.5) is 0 Å². The van der Waals surface area contributed by atoms with Crippen molar-refractivity contribution >= 4 is 0 Å². The first-order chi connectivity index (χ1) is 11.8. The van der Waals surface area contributed by atoms with Crippen molar-refractivity contribution in [1.82, 2.24) is 29.7 Å². The number of aromatic nitrogens is 5. The number of nitrogens with zero attached hydrogens (tertiary/aromatic N) is 6. The predicted molar refractivity (Wildman–Crippen MR) is 89.7 cm³/mol. The molecule has 1 saturated heterocycles. The summed E-state index contributed by atoms with van der Waals surface area (Å²) in [6.45, 7) is 4.81. The average molecular weight is 328 g/mol. The fourth-order valence-electron chi connectivity index (χ4n) is 3.43. The van der Waals surface area contributed by atoms with Crippen molar-refractivity contribution in [3.8, 4) is 0 Å². The van der Waals surface area contributed by atoms with Gasteiger partial charge in [0, 0.05) is 31.3 Å². The molecule has 0 bridgehead atoms. The van der Waals surface area contributed by atoms with Crippen LogP contribution in [0.15, 0.2) is 29.3 Å². The maximum atomic E-state index is 12.1. The highest BCUT2D eigenvalue weighted by Gasteiger charge is 2.26. The zero-order valence-corrected chi connectivity index (χ0v) is 13.9. The number of rotatable bonds is 6. The van der Waals surface area contributed by atoms with E-state index in [0.29, 0.717) is 11.8 Å². The fourth-order valence-corrected chi connectivity index (χ4v) is 3.43. The predicted octanol–water partition coefficient (Wildman–Crippen LogP) is 1.12. The summed E-state index contributed by atoms with van der Waals surface area (Å²) in [6.07, 6.45) is 8.30. The topological polar surface area (TPSA) is 68.8 Å². The minimum absolute atomic E-state index is 0.0352. The molecule has 0 atom stereocenters. The van der Waals surface area contributed by atoms with Gasteiger partial charge in [0.2, 0.25) is 0 Å². The van der Waals surface area contributed by atoms with E-state index in [2.05, 4.69) is 20.3 Å². The van der Waals surface area contributed by atoms with Gasteiger partial charge in [0.25, 0.3) is 5.56 Å². The maximum absolute atomic E-state index is 12.1. The van der Waals surface area contributed by atoms with Crippen LogP contribution in [0.3, 0.4) is 0 Å². The molecule has 1 aliphatic heterocycles. The Hall–Kier alpha value is -2.02. The van der Waals surface area contributed by atoms with Gasteiger partial charge in [0.15, 0.2) is 0 Å². The summed E-state index contributed by atoms with van der Waals surface area (Å²) in [5.74, 6) is 1.14. The minimum atomic E-state index is 0.0352. The number of likely N-dealkylation sites (tertiary alicyclic amines) is 1. The van der Waals surface area contributed by atoms with E-state index in [1.807, 2.05) is 16.9 Å². The van der Waals surface area contributed by atoms with Gasteiger partial charge >= 0.3 is 0 Å². The second-order valence-corrected chi connectivity index (χ2v) is 7.00. The monoisotopic (exact) mass is 328 g/mol. The van der Waals surface area contributed by atoms with Gasteiger partial charge < -0.3 is 4.90 Å². The van der Waals surface area contributed by atoms with Gasteiger partial charge in [-0.2, -0.15) is 5.10 Å². The van der Waals surface area contributed by atoms with E-state index in [-0.39, 0.29) is 5.56 Å². The molecule has 3 heterocycles. The Kier molecular flexibility index (Phi) is 4.42. The summed E-state index contributed by atoms with van der Waals surface area (Å²) in [7, 11) is 0. The second-order valence-electron chi connectivity index (χ2n) is 7.00. The SMILES string of the molecule is O=c1ccc(C2CC2)nn1CC1CCN(CCn2ccnn2)CC1. The van der Waals surface area contributed by atoms with E-state index in [9.17, 15) is 4.79 Å². The summed E-state index contributed by atoms with van der Waals surface area (Å²) in [6, 6.07) is 3.59. The smallest absolute Gasteiger partial charge is 0.266 e. The van der Waals surface area contributed by atoms with Crippen LogP contribution < -0.4 is 5.56 Å². The van der Waals surface area contributed by atoms with Crippen molar-refractivity contribution in [2.75, 3.05) is 19.6 Å². The van der Waals surface area contributed by atoms with Crippen molar-refractivity contribution in [2.24, 2.45) is 5.92 Å². The third-order valence-corrected chi connectivity index (χ3v) is 5.14. The highest BCUT2D eigenvalue weighted by Crippen LogP contribution is 2.38. The Morgan fingerprint density at radius 3 is 2.62 bits per heavy atom. The first-order valence-corrected chi connectivity index (χ1v) is 8.92. The molecule has 24 heavy (non-hydrogen) atoms. The lowest BCUT2D eigenvalue weighted by Gasteiger charge is -2.31. The van der Waals surface area contributed by atoms with E-state index in [1.54, 1.807) is 16.9 Å². The molecule has 0 unspecified atom stereocenters. The third kappa shape index (κ3) is 3.72. The summed E-state index contributed by atoms with van der Waals surface area (Å²) in [4.78, 5) is 14.5. The Labute approximate surface area is 141 Å². The maximum Gasteiger partial charge on any atom is 0.266 e. The molecule has 2 aliphatic rings. The van der Waals surface area contributed by atoms with Crippen LogP contribution in [0.25, 0.3) is 0 Å². The lowest BCUT2D eigenvalue weighted by Crippen LogP contribution is -2.38. The quantitative estimate of drug-likeness (QED) is 0.795. The van der Waals surface area contributed by atoms with Gasteiger partial charge in [-0.3, -0.25) is 9.48 Å². The summed E-state index contributed by atoms with van der Waals surface area (Å²) in [5.41, 5.74) is 1.13. The molecule has 0 spiro atoms. The lowest BCUT2D eigenvalue weighted by molar-refractivity contribution is 0.163. The van der Waals surface area contributed by atoms with Crippen molar-refractivity contribution in [3.63, 3.8) is 0 Å². The van der Waals surface area contributed by atoms with E-state index >= 15 is 0 Å². The van der Waals surface area contributed by atoms with Crippen LogP contribution in [0.5, 0.6) is 0 Å². The molecule has 0 amide bonds. The third-order valence-electron chi connectivity index (χ3n) is 5.14. The highest BCUT2D eigenvalue weighted by atomic mass is 16.1. The molecule has 4 rings (SSSR count). The van der Waals surface area contributed by atoms with Gasteiger partial charge in [-0.15, -0.1) is 5.10 Å². The summed E-state index contributed by atoms with van der Waals surface area (Å²) in [5, 5.41) is 12.4.